The lowest BCUT2D eigenvalue weighted by atomic mass is 9.89. The van der Waals surface area contributed by atoms with Gasteiger partial charge in [-0.3, -0.25) is 4.79 Å². The van der Waals surface area contributed by atoms with Crippen LogP contribution in [0, 0.1) is 5.92 Å². The highest BCUT2D eigenvalue weighted by Crippen LogP contribution is 2.39. The van der Waals surface area contributed by atoms with Crippen LogP contribution in [-0.2, 0) is 14.3 Å². The summed E-state index contributed by atoms with van der Waals surface area (Å²) < 4.78 is 10.8. The molecule has 0 spiro atoms. The molecule has 74 valence electrons. The van der Waals surface area contributed by atoms with Crippen molar-refractivity contribution in [3.63, 3.8) is 0 Å². The van der Waals surface area contributed by atoms with E-state index in [-0.39, 0.29) is 24.1 Å². The second kappa shape index (κ2) is 3.29. The fourth-order valence-electron chi connectivity index (χ4n) is 2.21. The first-order chi connectivity index (χ1) is 6.16. The highest BCUT2D eigenvalue weighted by Gasteiger charge is 2.45. The molecule has 2 aliphatic rings. The lowest BCUT2D eigenvalue weighted by Crippen LogP contribution is -2.28. The van der Waals surface area contributed by atoms with Crippen LogP contribution in [0.3, 0.4) is 0 Å². The second-order valence-electron chi connectivity index (χ2n) is 4.20. The number of carbonyl (C=O) groups excluding carboxylic acids is 1. The lowest BCUT2D eigenvalue weighted by molar-refractivity contribution is -0.154. The molecule has 0 aromatic rings. The van der Waals surface area contributed by atoms with Crippen LogP contribution < -0.4 is 0 Å². The van der Waals surface area contributed by atoms with Crippen LogP contribution in [0.2, 0.25) is 0 Å². The van der Waals surface area contributed by atoms with Gasteiger partial charge in [-0.25, -0.2) is 0 Å². The van der Waals surface area contributed by atoms with Gasteiger partial charge in [-0.2, -0.15) is 0 Å². The predicted molar refractivity (Wildman–Crippen MR) is 47.2 cm³/mol. The van der Waals surface area contributed by atoms with E-state index < -0.39 is 0 Å². The van der Waals surface area contributed by atoms with Gasteiger partial charge in [0, 0.05) is 0 Å². The SMILES string of the molecule is CC(C)OC(=O)[C@@H]1C[C@H]2CC[C@@H]1O2. The van der Waals surface area contributed by atoms with Crippen LogP contribution in [0.15, 0.2) is 0 Å². The van der Waals surface area contributed by atoms with E-state index in [9.17, 15) is 4.79 Å². The van der Waals surface area contributed by atoms with Crippen molar-refractivity contribution in [2.75, 3.05) is 0 Å². The zero-order valence-corrected chi connectivity index (χ0v) is 8.16. The van der Waals surface area contributed by atoms with Gasteiger partial charge < -0.3 is 9.47 Å². The first-order valence-electron chi connectivity index (χ1n) is 5.03. The molecule has 2 aliphatic heterocycles. The zero-order chi connectivity index (χ0) is 9.42. The van der Waals surface area contributed by atoms with E-state index in [0.29, 0.717) is 6.10 Å². The Hall–Kier alpha value is -0.570. The Bertz CT molecular complexity index is 212. The van der Waals surface area contributed by atoms with Crippen LogP contribution in [0.5, 0.6) is 0 Å². The van der Waals surface area contributed by atoms with Gasteiger partial charge >= 0.3 is 5.97 Å². The van der Waals surface area contributed by atoms with Crippen molar-refractivity contribution in [1.82, 2.24) is 0 Å². The van der Waals surface area contributed by atoms with Gasteiger partial charge in [0.15, 0.2) is 0 Å². The topological polar surface area (TPSA) is 35.5 Å². The Kier molecular flexibility index (Phi) is 2.28. The summed E-state index contributed by atoms with van der Waals surface area (Å²) in [7, 11) is 0. The van der Waals surface area contributed by atoms with Crippen LogP contribution in [0.4, 0.5) is 0 Å². The Morgan fingerprint density at radius 3 is 2.69 bits per heavy atom. The number of carbonyl (C=O) groups is 1. The number of fused-ring (bicyclic) bond motifs is 2. The normalized spacial score (nSPS) is 37.0. The molecule has 2 bridgehead atoms. The van der Waals surface area contributed by atoms with Gasteiger partial charge in [0.25, 0.3) is 0 Å². The molecule has 0 aromatic carbocycles. The molecule has 2 saturated heterocycles. The summed E-state index contributed by atoms with van der Waals surface area (Å²) in [6.07, 6.45) is 3.49. The number of hydrogen-bond acceptors (Lipinski definition) is 3. The highest BCUT2D eigenvalue weighted by atomic mass is 16.6. The van der Waals surface area contributed by atoms with E-state index in [0.717, 1.165) is 19.3 Å². The van der Waals surface area contributed by atoms with Crippen molar-refractivity contribution in [1.29, 1.82) is 0 Å². The molecule has 0 N–H and O–H groups in total. The average Bonchev–Trinajstić information content (AvgIpc) is 2.62. The number of esters is 1. The van der Waals surface area contributed by atoms with E-state index in [1.807, 2.05) is 13.8 Å². The summed E-state index contributed by atoms with van der Waals surface area (Å²) in [6, 6.07) is 0. The first-order valence-corrected chi connectivity index (χ1v) is 5.03. The third-order valence-corrected chi connectivity index (χ3v) is 2.76. The maximum atomic E-state index is 11.5. The van der Waals surface area contributed by atoms with Crippen LogP contribution >= 0.6 is 0 Å². The Morgan fingerprint density at radius 2 is 2.23 bits per heavy atom. The minimum Gasteiger partial charge on any atom is -0.463 e. The van der Waals surface area contributed by atoms with Crippen molar-refractivity contribution in [3.05, 3.63) is 0 Å². The molecule has 0 amide bonds. The zero-order valence-electron chi connectivity index (χ0n) is 8.16. The summed E-state index contributed by atoms with van der Waals surface area (Å²) >= 11 is 0. The van der Waals surface area contributed by atoms with Crippen molar-refractivity contribution >= 4 is 5.97 Å². The molecule has 2 rings (SSSR count). The highest BCUT2D eigenvalue weighted by molar-refractivity contribution is 5.74. The molecular weight excluding hydrogens is 168 g/mol. The summed E-state index contributed by atoms with van der Waals surface area (Å²) in [5, 5.41) is 0. The average molecular weight is 184 g/mol. The molecule has 3 nitrogen and oxygen atoms in total. The van der Waals surface area contributed by atoms with Crippen molar-refractivity contribution < 1.29 is 14.3 Å². The molecule has 13 heavy (non-hydrogen) atoms. The Labute approximate surface area is 78.4 Å². The van der Waals surface area contributed by atoms with E-state index in [2.05, 4.69) is 0 Å². The molecule has 3 heteroatoms. The summed E-state index contributed by atoms with van der Waals surface area (Å²) in [5.41, 5.74) is 0. The van der Waals surface area contributed by atoms with Crippen molar-refractivity contribution in [2.45, 2.75) is 51.4 Å². The van der Waals surface area contributed by atoms with Gasteiger partial charge in [0.1, 0.15) is 0 Å². The van der Waals surface area contributed by atoms with Crippen molar-refractivity contribution in [3.8, 4) is 0 Å². The summed E-state index contributed by atoms with van der Waals surface area (Å²) in [6.45, 7) is 3.76. The van der Waals surface area contributed by atoms with Gasteiger partial charge in [-0.05, 0) is 33.1 Å². The fourth-order valence-corrected chi connectivity index (χ4v) is 2.21. The molecule has 0 unspecified atom stereocenters. The van der Waals surface area contributed by atoms with E-state index in [4.69, 9.17) is 9.47 Å². The van der Waals surface area contributed by atoms with E-state index in [1.54, 1.807) is 0 Å². The number of hydrogen-bond donors (Lipinski definition) is 0. The standard InChI is InChI=1S/C10H16O3/c1-6(2)12-10(11)8-5-7-3-4-9(8)13-7/h6-9H,3-5H2,1-2H3/t7-,8-,9+/m1/s1. The summed E-state index contributed by atoms with van der Waals surface area (Å²) in [4.78, 5) is 11.5. The molecule has 2 heterocycles. The monoisotopic (exact) mass is 184 g/mol. The second-order valence-corrected chi connectivity index (χ2v) is 4.20. The van der Waals surface area contributed by atoms with Gasteiger partial charge in [0.2, 0.25) is 0 Å². The predicted octanol–water partition coefficient (Wildman–Crippen LogP) is 1.51. The smallest absolute Gasteiger partial charge is 0.311 e. The molecule has 0 aliphatic carbocycles. The van der Waals surface area contributed by atoms with Crippen molar-refractivity contribution in [2.24, 2.45) is 5.92 Å². The van der Waals surface area contributed by atoms with E-state index in [1.165, 1.54) is 0 Å². The number of ether oxygens (including phenoxy) is 2. The van der Waals surface area contributed by atoms with Crippen LogP contribution in [-0.4, -0.2) is 24.3 Å². The minimum atomic E-state index is -0.0674. The third kappa shape index (κ3) is 1.70. The molecule has 0 radical (unpaired) electrons. The quantitative estimate of drug-likeness (QED) is 0.610. The van der Waals surface area contributed by atoms with E-state index >= 15 is 0 Å². The maximum absolute atomic E-state index is 11.5. The van der Waals surface area contributed by atoms with Gasteiger partial charge in [-0.1, -0.05) is 0 Å². The van der Waals surface area contributed by atoms with Crippen LogP contribution in [0.1, 0.15) is 33.1 Å². The molecular formula is C10H16O3. The minimum absolute atomic E-state index is 0.00775. The number of rotatable bonds is 2. The van der Waals surface area contributed by atoms with Gasteiger partial charge in [0.05, 0.1) is 24.2 Å². The first kappa shape index (κ1) is 9.00. The lowest BCUT2D eigenvalue weighted by Gasteiger charge is -2.18. The van der Waals surface area contributed by atoms with Crippen LogP contribution in [0.25, 0.3) is 0 Å². The maximum Gasteiger partial charge on any atom is 0.311 e. The Balaban J connectivity index is 1.91. The largest absolute Gasteiger partial charge is 0.463 e. The molecule has 0 saturated carbocycles. The summed E-state index contributed by atoms with van der Waals surface area (Å²) in [5.74, 6) is -0.0525. The third-order valence-electron chi connectivity index (χ3n) is 2.76. The Morgan fingerprint density at radius 1 is 1.46 bits per heavy atom. The molecule has 0 aromatic heterocycles. The van der Waals surface area contributed by atoms with Gasteiger partial charge in [-0.15, -0.1) is 0 Å². The molecule has 2 fully saturated rings. The fraction of sp³-hybridized carbons (Fsp3) is 0.900. The molecule has 3 atom stereocenters.